The van der Waals surface area contributed by atoms with Gasteiger partial charge in [-0.3, -0.25) is 0 Å². The molecule has 0 aliphatic carbocycles. The molecule has 0 atom stereocenters. The maximum absolute atomic E-state index is 12.1. The molecule has 0 spiro atoms. The monoisotopic (exact) mass is 317 g/mol. The van der Waals surface area contributed by atoms with Crippen molar-refractivity contribution in [3.05, 3.63) is 17.5 Å². The Labute approximate surface area is 123 Å². The van der Waals surface area contributed by atoms with Gasteiger partial charge in [0.15, 0.2) is 0 Å². The van der Waals surface area contributed by atoms with Crippen molar-refractivity contribution in [1.82, 2.24) is 14.9 Å². The quantitative estimate of drug-likeness (QED) is 0.876. The Morgan fingerprint density at radius 2 is 2.15 bits per heavy atom. The zero-order valence-corrected chi connectivity index (χ0v) is 13.0. The molecule has 6 nitrogen and oxygen atoms in total. The SMILES string of the molecule is CCNC(=O)N1CCC(NS(=O)(=O)c2cccs2)CC1. The summed E-state index contributed by atoms with van der Waals surface area (Å²) in [6, 6.07) is 3.13. The number of thiophene rings is 1. The van der Waals surface area contributed by atoms with E-state index in [4.69, 9.17) is 0 Å². The zero-order chi connectivity index (χ0) is 14.6. The maximum atomic E-state index is 12.1. The van der Waals surface area contributed by atoms with Gasteiger partial charge in [0.25, 0.3) is 0 Å². The number of hydrogen-bond donors (Lipinski definition) is 2. The zero-order valence-electron chi connectivity index (χ0n) is 11.3. The Morgan fingerprint density at radius 1 is 1.45 bits per heavy atom. The highest BCUT2D eigenvalue weighted by Crippen LogP contribution is 2.18. The van der Waals surface area contributed by atoms with E-state index < -0.39 is 10.0 Å². The Kier molecular flexibility index (Phi) is 5.00. The largest absolute Gasteiger partial charge is 0.338 e. The summed E-state index contributed by atoms with van der Waals surface area (Å²) in [5, 5.41) is 4.49. The van der Waals surface area contributed by atoms with Crippen molar-refractivity contribution in [2.24, 2.45) is 0 Å². The number of nitrogens with zero attached hydrogens (tertiary/aromatic N) is 1. The highest BCUT2D eigenvalue weighted by molar-refractivity contribution is 7.91. The average Bonchev–Trinajstić information content (AvgIpc) is 2.94. The standard InChI is InChI=1S/C12H19N3O3S2/c1-2-13-12(16)15-7-5-10(6-8-15)14-20(17,18)11-4-3-9-19-11/h3-4,9-10,14H,2,5-8H2,1H3,(H,13,16). The van der Waals surface area contributed by atoms with Crippen LogP contribution in [0.1, 0.15) is 19.8 Å². The molecule has 0 saturated carbocycles. The van der Waals surface area contributed by atoms with Crippen LogP contribution in [0.5, 0.6) is 0 Å². The van der Waals surface area contributed by atoms with Gasteiger partial charge in [0.05, 0.1) is 0 Å². The van der Waals surface area contributed by atoms with Gasteiger partial charge in [-0.15, -0.1) is 11.3 Å². The number of piperidine rings is 1. The first-order chi connectivity index (χ1) is 9.53. The van der Waals surface area contributed by atoms with Crippen molar-refractivity contribution in [1.29, 1.82) is 0 Å². The molecule has 0 aromatic carbocycles. The van der Waals surface area contributed by atoms with Gasteiger partial charge < -0.3 is 10.2 Å². The minimum Gasteiger partial charge on any atom is -0.338 e. The summed E-state index contributed by atoms with van der Waals surface area (Å²) >= 11 is 1.21. The maximum Gasteiger partial charge on any atom is 0.317 e. The van der Waals surface area contributed by atoms with Gasteiger partial charge in [-0.05, 0) is 31.2 Å². The second kappa shape index (κ2) is 6.55. The van der Waals surface area contributed by atoms with E-state index >= 15 is 0 Å². The molecule has 1 fully saturated rings. The van der Waals surface area contributed by atoms with Gasteiger partial charge in [-0.1, -0.05) is 6.07 Å². The van der Waals surface area contributed by atoms with Crippen LogP contribution in [0.15, 0.2) is 21.7 Å². The van der Waals surface area contributed by atoms with E-state index in [9.17, 15) is 13.2 Å². The molecule has 0 unspecified atom stereocenters. The molecule has 112 valence electrons. The summed E-state index contributed by atoms with van der Waals surface area (Å²) in [5.41, 5.74) is 0. The van der Waals surface area contributed by atoms with Gasteiger partial charge >= 0.3 is 6.03 Å². The van der Waals surface area contributed by atoms with E-state index in [0.29, 0.717) is 36.7 Å². The molecule has 1 aromatic rings. The smallest absolute Gasteiger partial charge is 0.317 e. The summed E-state index contributed by atoms with van der Waals surface area (Å²) in [5.74, 6) is 0. The van der Waals surface area contributed by atoms with Crippen molar-refractivity contribution in [3.8, 4) is 0 Å². The van der Waals surface area contributed by atoms with Gasteiger partial charge in [0.1, 0.15) is 4.21 Å². The van der Waals surface area contributed by atoms with Gasteiger partial charge in [-0.2, -0.15) is 0 Å². The second-order valence-electron chi connectivity index (χ2n) is 4.65. The molecular weight excluding hydrogens is 298 g/mol. The molecular formula is C12H19N3O3S2. The number of carbonyl (C=O) groups is 1. The third kappa shape index (κ3) is 3.71. The van der Waals surface area contributed by atoms with Crippen molar-refractivity contribution in [2.75, 3.05) is 19.6 Å². The number of carbonyl (C=O) groups excluding carboxylic acids is 1. The number of sulfonamides is 1. The fourth-order valence-electron chi connectivity index (χ4n) is 2.16. The molecule has 2 N–H and O–H groups in total. The first-order valence-corrected chi connectivity index (χ1v) is 8.98. The third-order valence-electron chi connectivity index (χ3n) is 3.19. The lowest BCUT2D eigenvalue weighted by molar-refractivity contribution is 0.180. The molecule has 2 rings (SSSR count). The van der Waals surface area contributed by atoms with Gasteiger partial charge in [0, 0.05) is 25.7 Å². The van der Waals surface area contributed by atoms with E-state index in [1.807, 2.05) is 6.92 Å². The number of hydrogen-bond acceptors (Lipinski definition) is 4. The number of urea groups is 1. The lowest BCUT2D eigenvalue weighted by Crippen LogP contribution is -2.49. The number of nitrogens with one attached hydrogen (secondary N) is 2. The summed E-state index contributed by atoms with van der Waals surface area (Å²) in [6.07, 6.45) is 1.28. The second-order valence-corrected chi connectivity index (χ2v) is 7.54. The van der Waals surface area contributed by atoms with Crippen LogP contribution in [0.4, 0.5) is 4.79 Å². The molecule has 2 amide bonds. The topological polar surface area (TPSA) is 78.5 Å². The normalized spacial score (nSPS) is 17.1. The highest BCUT2D eigenvalue weighted by atomic mass is 32.2. The van der Waals surface area contributed by atoms with Crippen LogP contribution in [-0.2, 0) is 10.0 Å². The average molecular weight is 317 g/mol. The predicted molar refractivity (Wildman–Crippen MR) is 78.3 cm³/mol. The summed E-state index contributed by atoms with van der Waals surface area (Å²) in [4.78, 5) is 13.4. The van der Waals surface area contributed by atoms with Crippen molar-refractivity contribution >= 4 is 27.4 Å². The van der Waals surface area contributed by atoms with Crippen LogP contribution in [0, 0.1) is 0 Å². The Morgan fingerprint density at radius 3 is 2.70 bits per heavy atom. The number of rotatable bonds is 4. The first kappa shape index (κ1) is 15.3. The van der Waals surface area contributed by atoms with Crippen molar-refractivity contribution < 1.29 is 13.2 Å². The van der Waals surface area contributed by atoms with Crippen LogP contribution in [0.3, 0.4) is 0 Å². The van der Waals surface area contributed by atoms with Crippen LogP contribution in [0.25, 0.3) is 0 Å². The van der Waals surface area contributed by atoms with Crippen molar-refractivity contribution in [2.45, 2.75) is 30.0 Å². The Bertz CT molecular complexity index is 534. The summed E-state index contributed by atoms with van der Waals surface area (Å²) < 4.78 is 27.2. The fraction of sp³-hybridized carbons (Fsp3) is 0.583. The van der Waals surface area contributed by atoms with E-state index in [0.717, 1.165) is 0 Å². The van der Waals surface area contributed by atoms with E-state index in [1.54, 1.807) is 22.4 Å². The summed E-state index contributed by atoms with van der Waals surface area (Å²) in [7, 11) is -3.42. The highest BCUT2D eigenvalue weighted by Gasteiger charge is 2.26. The first-order valence-electron chi connectivity index (χ1n) is 6.61. The Hall–Kier alpha value is -1.12. The van der Waals surface area contributed by atoms with Crippen LogP contribution in [0.2, 0.25) is 0 Å². The van der Waals surface area contributed by atoms with E-state index in [1.165, 1.54) is 11.3 Å². The molecule has 1 aromatic heterocycles. The molecule has 1 aliphatic heterocycles. The van der Waals surface area contributed by atoms with Crippen LogP contribution >= 0.6 is 11.3 Å². The van der Waals surface area contributed by atoms with Gasteiger partial charge in [0.2, 0.25) is 10.0 Å². The minimum atomic E-state index is -3.42. The third-order valence-corrected chi connectivity index (χ3v) is 6.11. The number of likely N-dealkylation sites (tertiary alicyclic amines) is 1. The predicted octanol–water partition coefficient (Wildman–Crippen LogP) is 1.22. The van der Waals surface area contributed by atoms with Gasteiger partial charge in [-0.25, -0.2) is 17.9 Å². The van der Waals surface area contributed by atoms with E-state index in [-0.39, 0.29) is 12.1 Å². The molecule has 0 radical (unpaired) electrons. The minimum absolute atomic E-state index is 0.0768. The lowest BCUT2D eigenvalue weighted by Gasteiger charge is -2.32. The van der Waals surface area contributed by atoms with Crippen LogP contribution in [-0.4, -0.2) is 45.0 Å². The fourth-order valence-corrected chi connectivity index (χ4v) is 4.47. The molecule has 1 aliphatic rings. The van der Waals surface area contributed by atoms with Crippen molar-refractivity contribution in [3.63, 3.8) is 0 Å². The molecule has 0 bridgehead atoms. The lowest BCUT2D eigenvalue weighted by atomic mass is 10.1. The molecule has 1 saturated heterocycles. The molecule has 2 heterocycles. The Balaban J connectivity index is 1.87. The molecule has 20 heavy (non-hydrogen) atoms. The molecule has 8 heteroatoms. The van der Waals surface area contributed by atoms with E-state index in [2.05, 4.69) is 10.0 Å². The number of amides is 2. The summed E-state index contributed by atoms with van der Waals surface area (Å²) in [6.45, 7) is 3.62. The van der Waals surface area contributed by atoms with Crippen LogP contribution < -0.4 is 10.0 Å².